The molecule has 0 aromatic carbocycles. The molecule has 6 nitrogen and oxygen atoms in total. The number of carbonyl (C=O) groups is 1. The van der Waals surface area contributed by atoms with E-state index in [0.717, 1.165) is 12.0 Å². The Morgan fingerprint density at radius 3 is 2.94 bits per heavy atom. The van der Waals surface area contributed by atoms with Gasteiger partial charge in [-0.25, -0.2) is 4.79 Å². The number of hydrogen-bond acceptors (Lipinski definition) is 2. The first-order valence-electron chi connectivity index (χ1n) is 5.28. The summed E-state index contributed by atoms with van der Waals surface area (Å²) in [5, 5.41) is 2.66. The summed E-state index contributed by atoms with van der Waals surface area (Å²) in [7, 11) is 3.45. The van der Waals surface area contributed by atoms with Crippen LogP contribution in [0.3, 0.4) is 0 Å². The van der Waals surface area contributed by atoms with Crippen LogP contribution in [-0.2, 0) is 6.42 Å². The maximum Gasteiger partial charge on any atom is 0.344 e. The molecule has 1 rings (SSSR count). The molecule has 0 aliphatic rings. The van der Waals surface area contributed by atoms with Crippen LogP contribution in [-0.4, -0.2) is 42.5 Å². The van der Waals surface area contributed by atoms with Gasteiger partial charge in [0.2, 0.25) is 0 Å². The Bertz CT molecular complexity index is 388. The molecule has 0 spiro atoms. The minimum atomic E-state index is -0.430. The van der Waals surface area contributed by atoms with Crippen molar-refractivity contribution in [1.29, 1.82) is 0 Å². The van der Waals surface area contributed by atoms with Crippen LogP contribution in [0.2, 0.25) is 0 Å². The van der Waals surface area contributed by atoms with Gasteiger partial charge in [-0.15, -0.1) is 0 Å². The number of hydrogen-bond donors (Lipinski definition) is 2. The number of aliphatic imine (C=N–C) groups is 1. The zero-order valence-electron chi connectivity index (χ0n) is 10.1. The Balaban J connectivity index is 2.32. The summed E-state index contributed by atoms with van der Waals surface area (Å²) in [6.45, 7) is 0.509. The third-order valence-corrected chi connectivity index (χ3v) is 2.09. The van der Waals surface area contributed by atoms with E-state index in [1.54, 1.807) is 31.4 Å². The topological polar surface area (TPSA) is 83.6 Å². The van der Waals surface area contributed by atoms with Crippen molar-refractivity contribution in [3.05, 3.63) is 30.1 Å². The fourth-order valence-corrected chi connectivity index (χ4v) is 1.10. The van der Waals surface area contributed by atoms with Crippen molar-refractivity contribution in [3.63, 3.8) is 0 Å². The molecule has 92 valence electrons. The number of aromatic nitrogens is 1. The number of pyridine rings is 1. The first-order chi connectivity index (χ1) is 8.09. The lowest BCUT2D eigenvalue weighted by atomic mass is 10.2. The number of urea groups is 1. The van der Waals surface area contributed by atoms with Gasteiger partial charge in [-0.05, 0) is 18.1 Å². The Labute approximate surface area is 101 Å². The van der Waals surface area contributed by atoms with Crippen molar-refractivity contribution < 1.29 is 4.79 Å². The van der Waals surface area contributed by atoms with Crippen LogP contribution in [0.4, 0.5) is 4.79 Å². The number of nitrogens with zero attached hydrogens (tertiary/aromatic N) is 3. The van der Waals surface area contributed by atoms with Crippen molar-refractivity contribution in [2.75, 3.05) is 20.6 Å². The molecule has 17 heavy (non-hydrogen) atoms. The first kappa shape index (κ1) is 13.0. The molecule has 6 heteroatoms. The molecule has 1 heterocycles. The predicted octanol–water partition coefficient (Wildman–Crippen LogP) is 0.210. The molecule has 0 unspecified atom stereocenters. The van der Waals surface area contributed by atoms with Crippen molar-refractivity contribution in [2.24, 2.45) is 10.7 Å². The van der Waals surface area contributed by atoms with Gasteiger partial charge in [0.25, 0.3) is 0 Å². The quantitative estimate of drug-likeness (QED) is 0.579. The van der Waals surface area contributed by atoms with E-state index in [1.165, 1.54) is 0 Å². The summed E-state index contributed by atoms with van der Waals surface area (Å²) in [5.74, 6) is 0.184. The Kier molecular flexibility index (Phi) is 4.93. The van der Waals surface area contributed by atoms with E-state index in [2.05, 4.69) is 15.3 Å². The minimum Gasteiger partial charge on any atom is -0.369 e. The molecule has 0 aliphatic carbocycles. The van der Waals surface area contributed by atoms with E-state index >= 15 is 0 Å². The number of carbonyl (C=O) groups excluding carboxylic acids is 1. The van der Waals surface area contributed by atoms with E-state index in [0.29, 0.717) is 6.54 Å². The lowest BCUT2D eigenvalue weighted by Gasteiger charge is -2.09. The van der Waals surface area contributed by atoms with Crippen molar-refractivity contribution in [2.45, 2.75) is 6.42 Å². The van der Waals surface area contributed by atoms with Gasteiger partial charge in [0.15, 0.2) is 5.96 Å². The summed E-state index contributed by atoms with van der Waals surface area (Å²) < 4.78 is 0. The fraction of sp³-hybridized carbons (Fsp3) is 0.364. The van der Waals surface area contributed by atoms with Gasteiger partial charge in [0.1, 0.15) is 0 Å². The molecule has 0 fully saturated rings. The Morgan fingerprint density at radius 1 is 1.59 bits per heavy atom. The molecule has 2 amide bonds. The van der Waals surface area contributed by atoms with Gasteiger partial charge in [0, 0.05) is 33.0 Å². The van der Waals surface area contributed by atoms with Crippen LogP contribution in [0.25, 0.3) is 0 Å². The summed E-state index contributed by atoms with van der Waals surface area (Å²) in [4.78, 5) is 20.5. The Morgan fingerprint density at radius 2 is 2.35 bits per heavy atom. The van der Waals surface area contributed by atoms with E-state index in [-0.39, 0.29) is 5.96 Å². The molecule has 3 N–H and O–H groups in total. The maximum atomic E-state index is 11.3. The lowest BCUT2D eigenvalue weighted by molar-refractivity contribution is 0.249. The highest BCUT2D eigenvalue weighted by Crippen LogP contribution is 1.95. The maximum absolute atomic E-state index is 11.3. The molecular formula is C11H17N5O. The minimum absolute atomic E-state index is 0.184. The van der Waals surface area contributed by atoms with Gasteiger partial charge in [0.05, 0.1) is 0 Å². The third kappa shape index (κ3) is 4.96. The second kappa shape index (κ2) is 6.47. The first-order valence-corrected chi connectivity index (χ1v) is 5.28. The molecule has 0 saturated heterocycles. The summed E-state index contributed by atoms with van der Waals surface area (Å²) in [6.07, 6.45) is 4.20. The summed E-state index contributed by atoms with van der Waals surface area (Å²) in [6, 6.07) is 3.38. The fourth-order valence-electron chi connectivity index (χ4n) is 1.10. The van der Waals surface area contributed by atoms with Crippen LogP contribution in [0, 0.1) is 0 Å². The molecule has 0 bridgehead atoms. The van der Waals surface area contributed by atoms with Crippen LogP contribution >= 0.6 is 0 Å². The number of nitrogens with one attached hydrogen (secondary N) is 1. The standard InChI is InChI=1S/C11H17N5O/c1-16(2)10(12)15-11(17)14-7-5-9-4-3-6-13-8-9/h3-4,6,8H,5,7H2,1-2H3,(H3,12,14,15,17). The summed E-state index contributed by atoms with van der Waals surface area (Å²) >= 11 is 0. The monoisotopic (exact) mass is 235 g/mol. The van der Waals surface area contributed by atoms with Crippen LogP contribution < -0.4 is 11.1 Å². The number of guanidine groups is 1. The average molecular weight is 235 g/mol. The molecular weight excluding hydrogens is 218 g/mol. The van der Waals surface area contributed by atoms with Gasteiger partial charge < -0.3 is 16.0 Å². The van der Waals surface area contributed by atoms with Crippen molar-refractivity contribution in [3.8, 4) is 0 Å². The largest absolute Gasteiger partial charge is 0.369 e. The smallest absolute Gasteiger partial charge is 0.344 e. The molecule has 1 aromatic heterocycles. The average Bonchev–Trinajstić information content (AvgIpc) is 2.30. The Hall–Kier alpha value is -2.11. The van der Waals surface area contributed by atoms with Gasteiger partial charge in [-0.2, -0.15) is 4.99 Å². The molecule has 0 atom stereocenters. The number of rotatable bonds is 3. The van der Waals surface area contributed by atoms with Crippen LogP contribution in [0.1, 0.15) is 5.56 Å². The normalized spacial score (nSPS) is 11.1. The van der Waals surface area contributed by atoms with E-state index in [4.69, 9.17) is 5.73 Å². The second-order valence-corrected chi connectivity index (χ2v) is 3.71. The highest BCUT2D eigenvalue weighted by molar-refractivity contribution is 5.91. The van der Waals surface area contributed by atoms with Gasteiger partial charge in [-0.1, -0.05) is 6.07 Å². The molecule has 0 aliphatic heterocycles. The molecule has 0 saturated carbocycles. The third-order valence-electron chi connectivity index (χ3n) is 2.09. The predicted molar refractivity (Wildman–Crippen MR) is 66.6 cm³/mol. The van der Waals surface area contributed by atoms with E-state index in [1.807, 2.05) is 12.1 Å². The van der Waals surface area contributed by atoms with Gasteiger partial charge >= 0.3 is 6.03 Å². The molecule has 1 aromatic rings. The molecule has 0 radical (unpaired) electrons. The highest BCUT2D eigenvalue weighted by Gasteiger charge is 2.01. The zero-order valence-corrected chi connectivity index (χ0v) is 10.1. The van der Waals surface area contributed by atoms with Crippen molar-refractivity contribution in [1.82, 2.24) is 15.2 Å². The van der Waals surface area contributed by atoms with Crippen LogP contribution in [0.15, 0.2) is 29.5 Å². The highest BCUT2D eigenvalue weighted by atomic mass is 16.2. The van der Waals surface area contributed by atoms with Crippen molar-refractivity contribution >= 4 is 12.0 Å². The van der Waals surface area contributed by atoms with E-state index < -0.39 is 6.03 Å². The van der Waals surface area contributed by atoms with Crippen LogP contribution in [0.5, 0.6) is 0 Å². The number of nitrogens with two attached hydrogens (primary N) is 1. The SMILES string of the molecule is CN(C)C(N)=NC(=O)NCCc1cccnc1. The van der Waals surface area contributed by atoms with Gasteiger partial charge in [-0.3, -0.25) is 4.98 Å². The lowest BCUT2D eigenvalue weighted by Crippen LogP contribution is -2.33. The second-order valence-electron chi connectivity index (χ2n) is 3.71. The number of amides is 2. The zero-order chi connectivity index (χ0) is 12.7. The van der Waals surface area contributed by atoms with E-state index in [9.17, 15) is 4.79 Å². The summed E-state index contributed by atoms with van der Waals surface area (Å²) in [5.41, 5.74) is 6.57.